The molecule has 0 aliphatic rings. The minimum absolute atomic E-state index is 0.169. The van der Waals surface area contributed by atoms with Crippen molar-refractivity contribution < 1.29 is 4.79 Å². The van der Waals surface area contributed by atoms with Gasteiger partial charge in [-0.25, -0.2) is 4.79 Å². The average Bonchev–Trinajstić information content (AvgIpc) is 2.55. The lowest BCUT2D eigenvalue weighted by Crippen LogP contribution is -2.31. The van der Waals surface area contributed by atoms with Gasteiger partial charge in [-0.2, -0.15) is 0 Å². The van der Waals surface area contributed by atoms with Gasteiger partial charge in [-0.3, -0.25) is 0 Å². The Labute approximate surface area is 146 Å². The zero-order chi connectivity index (χ0) is 16.7. The van der Waals surface area contributed by atoms with E-state index in [9.17, 15) is 4.79 Å². The molecular formula is C18H22BrN3O. The second kappa shape index (κ2) is 8.58. The van der Waals surface area contributed by atoms with Gasteiger partial charge in [0.05, 0.1) is 0 Å². The van der Waals surface area contributed by atoms with E-state index in [1.54, 1.807) is 0 Å². The summed E-state index contributed by atoms with van der Waals surface area (Å²) >= 11 is 3.41. The predicted molar refractivity (Wildman–Crippen MR) is 100 cm³/mol. The Morgan fingerprint density at radius 2 is 1.91 bits per heavy atom. The molecule has 0 radical (unpaired) electrons. The van der Waals surface area contributed by atoms with Crippen molar-refractivity contribution in [1.82, 2.24) is 5.32 Å². The zero-order valence-corrected chi connectivity index (χ0v) is 15.1. The Morgan fingerprint density at radius 3 is 2.61 bits per heavy atom. The van der Waals surface area contributed by atoms with E-state index in [1.165, 1.54) is 5.69 Å². The van der Waals surface area contributed by atoms with Gasteiger partial charge in [0.1, 0.15) is 0 Å². The molecule has 0 saturated heterocycles. The van der Waals surface area contributed by atoms with Crippen LogP contribution >= 0.6 is 15.9 Å². The van der Waals surface area contributed by atoms with E-state index in [0.717, 1.165) is 28.7 Å². The number of aryl methyl sites for hydroxylation is 1. The number of urea groups is 1. The number of halogens is 1. The summed E-state index contributed by atoms with van der Waals surface area (Å²) in [6.07, 6.45) is 0.887. The number of hydrogen-bond donors (Lipinski definition) is 2. The number of para-hydroxylation sites is 1. The van der Waals surface area contributed by atoms with Crippen LogP contribution in [0, 0.1) is 6.92 Å². The van der Waals surface area contributed by atoms with Crippen molar-refractivity contribution in [2.45, 2.75) is 13.3 Å². The first kappa shape index (κ1) is 17.3. The quantitative estimate of drug-likeness (QED) is 0.734. The van der Waals surface area contributed by atoms with Crippen molar-refractivity contribution in [3.8, 4) is 0 Å². The number of benzene rings is 2. The molecule has 0 fully saturated rings. The monoisotopic (exact) mass is 375 g/mol. The Bertz CT molecular complexity index is 646. The molecule has 0 aromatic heterocycles. The molecule has 2 rings (SSSR count). The van der Waals surface area contributed by atoms with Crippen molar-refractivity contribution in [3.05, 3.63) is 58.6 Å². The van der Waals surface area contributed by atoms with Gasteiger partial charge < -0.3 is 15.5 Å². The zero-order valence-electron chi connectivity index (χ0n) is 13.5. The molecular weight excluding hydrogens is 354 g/mol. The molecule has 4 nitrogen and oxygen atoms in total. The fourth-order valence-corrected chi connectivity index (χ4v) is 2.74. The van der Waals surface area contributed by atoms with Crippen LogP contribution in [0.1, 0.15) is 12.0 Å². The van der Waals surface area contributed by atoms with Crippen LogP contribution in [0.4, 0.5) is 16.2 Å². The number of amides is 2. The maximum atomic E-state index is 11.9. The van der Waals surface area contributed by atoms with Crippen LogP contribution in [-0.4, -0.2) is 26.2 Å². The minimum Gasteiger partial charge on any atom is -0.375 e. The summed E-state index contributed by atoms with van der Waals surface area (Å²) < 4.78 is 1.00. The molecule has 2 N–H and O–H groups in total. The SMILES string of the molecule is Cc1cc(Br)ccc1NC(=O)NCCCN(C)c1ccccc1. The molecule has 0 aliphatic carbocycles. The lowest BCUT2D eigenvalue weighted by Gasteiger charge is -2.19. The number of rotatable bonds is 6. The first-order valence-electron chi connectivity index (χ1n) is 7.63. The molecule has 2 aromatic carbocycles. The van der Waals surface area contributed by atoms with Crippen LogP contribution in [0.2, 0.25) is 0 Å². The fraction of sp³-hybridized carbons (Fsp3) is 0.278. The molecule has 0 spiro atoms. The van der Waals surface area contributed by atoms with Gasteiger partial charge in [-0.1, -0.05) is 34.1 Å². The minimum atomic E-state index is -0.169. The molecule has 2 amide bonds. The van der Waals surface area contributed by atoms with E-state index in [1.807, 2.05) is 43.3 Å². The number of nitrogens with zero attached hydrogens (tertiary/aromatic N) is 1. The van der Waals surface area contributed by atoms with E-state index in [-0.39, 0.29) is 6.03 Å². The highest BCUT2D eigenvalue weighted by Gasteiger charge is 2.05. The highest BCUT2D eigenvalue weighted by molar-refractivity contribution is 9.10. The molecule has 0 bridgehead atoms. The summed E-state index contributed by atoms with van der Waals surface area (Å²) in [5.74, 6) is 0. The smallest absolute Gasteiger partial charge is 0.319 e. The first-order chi connectivity index (χ1) is 11.1. The third-order valence-corrected chi connectivity index (χ3v) is 4.08. The third kappa shape index (κ3) is 5.60. The van der Waals surface area contributed by atoms with Crippen molar-refractivity contribution in [1.29, 1.82) is 0 Å². The van der Waals surface area contributed by atoms with Crippen molar-refractivity contribution in [3.63, 3.8) is 0 Å². The maximum absolute atomic E-state index is 11.9. The molecule has 2 aromatic rings. The van der Waals surface area contributed by atoms with Crippen LogP contribution in [0.15, 0.2) is 53.0 Å². The Kier molecular flexibility index (Phi) is 6.47. The Morgan fingerprint density at radius 1 is 1.17 bits per heavy atom. The van der Waals surface area contributed by atoms with Gasteiger partial charge >= 0.3 is 6.03 Å². The van der Waals surface area contributed by atoms with Gasteiger partial charge in [0.15, 0.2) is 0 Å². The van der Waals surface area contributed by atoms with E-state index in [0.29, 0.717) is 6.54 Å². The topological polar surface area (TPSA) is 44.4 Å². The molecule has 0 unspecified atom stereocenters. The van der Waals surface area contributed by atoms with E-state index in [4.69, 9.17) is 0 Å². The first-order valence-corrected chi connectivity index (χ1v) is 8.43. The maximum Gasteiger partial charge on any atom is 0.319 e. The second-order valence-electron chi connectivity index (χ2n) is 5.45. The van der Waals surface area contributed by atoms with Crippen LogP contribution in [0.5, 0.6) is 0 Å². The Balaban J connectivity index is 1.71. The highest BCUT2D eigenvalue weighted by Crippen LogP contribution is 2.19. The largest absolute Gasteiger partial charge is 0.375 e. The summed E-state index contributed by atoms with van der Waals surface area (Å²) in [6, 6.07) is 15.8. The summed E-state index contributed by atoms with van der Waals surface area (Å²) in [7, 11) is 2.06. The predicted octanol–water partition coefficient (Wildman–Crippen LogP) is 4.41. The van der Waals surface area contributed by atoms with E-state index >= 15 is 0 Å². The van der Waals surface area contributed by atoms with Gasteiger partial charge in [-0.15, -0.1) is 0 Å². The van der Waals surface area contributed by atoms with Crippen LogP contribution in [0.3, 0.4) is 0 Å². The molecule has 0 saturated carbocycles. The standard InChI is InChI=1S/C18H22BrN3O/c1-14-13-15(19)9-10-17(14)21-18(23)20-11-6-12-22(2)16-7-4-3-5-8-16/h3-5,7-10,13H,6,11-12H2,1-2H3,(H2,20,21,23). The number of anilines is 2. The summed E-state index contributed by atoms with van der Waals surface area (Å²) in [5, 5.41) is 5.76. The molecule has 122 valence electrons. The highest BCUT2D eigenvalue weighted by atomic mass is 79.9. The van der Waals surface area contributed by atoms with Crippen molar-refractivity contribution in [2.24, 2.45) is 0 Å². The Hall–Kier alpha value is -2.01. The number of hydrogen-bond acceptors (Lipinski definition) is 2. The van der Waals surface area contributed by atoms with Crippen LogP contribution in [-0.2, 0) is 0 Å². The number of nitrogens with one attached hydrogen (secondary N) is 2. The van der Waals surface area contributed by atoms with Gasteiger partial charge in [0.2, 0.25) is 0 Å². The van der Waals surface area contributed by atoms with Crippen molar-refractivity contribution in [2.75, 3.05) is 30.4 Å². The summed E-state index contributed by atoms with van der Waals surface area (Å²) in [4.78, 5) is 14.1. The van der Waals surface area contributed by atoms with Crippen molar-refractivity contribution >= 4 is 33.3 Å². The molecule has 5 heteroatoms. The third-order valence-electron chi connectivity index (χ3n) is 3.59. The molecule has 23 heavy (non-hydrogen) atoms. The van der Waals surface area contributed by atoms with Gasteiger partial charge in [-0.05, 0) is 49.2 Å². The average molecular weight is 376 g/mol. The molecule has 0 heterocycles. The van der Waals surface area contributed by atoms with Crippen LogP contribution in [0.25, 0.3) is 0 Å². The normalized spacial score (nSPS) is 10.2. The molecule has 0 aliphatic heterocycles. The van der Waals surface area contributed by atoms with E-state index in [2.05, 4.69) is 50.6 Å². The van der Waals surface area contributed by atoms with Gasteiger partial charge in [0, 0.05) is 36.0 Å². The summed E-state index contributed by atoms with van der Waals surface area (Å²) in [5.41, 5.74) is 3.04. The lowest BCUT2D eigenvalue weighted by molar-refractivity contribution is 0.252. The second-order valence-corrected chi connectivity index (χ2v) is 6.37. The van der Waals surface area contributed by atoms with E-state index < -0.39 is 0 Å². The summed E-state index contributed by atoms with van der Waals surface area (Å²) in [6.45, 7) is 3.50. The van der Waals surface area contributed by atoms with Crippen LogP contribution < -0.4 is 15.5 Å². The molecule has 0 atom stereocenters. The lowest BCUT2D eigenvalue weighted by atomic mass is 10.2. The fourth-order valence-electron chi connectivity index (χ4n) is 2.26. The number of carbonyl (C=O) groups excluding carboxylic acids is 1. The van der Waals surface area contributed by atoms with Gasteiger partial charge in [0.25, 0.3) is 0 Å². The number of carbonyl (C=O) groups is 1.